The highest BCUT2D eigenvalue weighted by atomic mass is 35.5. The summed E-state index contributed by atoms with van der Waals surface area (Å²) in [5, 5.41) is 16.3. The summed E-state index contributed by atoms with van der Waals surface area (Å²) in [6.45, 7) is 4.52. The Morgan fingerprint density at radius 2 is 1.36 bits per heavy atom. The summed E-state index contributed by atoms with van der Waals surface area (Å²) in [6, 6.07) is 11.8. The third-order valence-electron chi connectivity index (χ3n) is 9.61. The van der Waals surface area contributed by atoms with E-state index >= 15 is 0 Å². The molecule has 0 aliphatic heterocycles. The molecule has 1 aliphatic carbocycles. The van der Waals surface area contributed by atoms with Crippen molar-refractivity contribution in [2.45, 2.75) is 96.7 Å². The Hall–Kier alpha value is -4.10. The molecule has 288 valence electrons. The first-order chi connectivity index (χ1) is 25.1. The van der Waals surface area contributed by atoms with Crippen LogP contribution in [0.3, 0.4) is 0 Å². The molecule has 3 rings (SSSR count). The van der Waals surface area contributed by atoms with Crippen LogP contribution in [0.25, 0.3) is 11.1 Å². The van der Waals surface area contributed by atoms with Crippen LogP contribution in [0.5, 0.6) is 0 Å². The number of amides is 2. The van der Waals surface area contributed by atoms with Gasteiger partial charge in [-0.1, -0.05) is 61.8 Å². The van der Waals surface area contributed by atoms with Crippen molar-refractivity contribution in [1.82, 2.24) is 10.6 Å². The van der Waals surface area contributed by atoms with Crippen molar-refractivity contribution in [3.05, 3.63) is 59.1 Å². The molecular weight excluding hydrogens is 700 g/mol. The van der Waals surface area contributed by atoms with E-state index in [0.717, 1.165) is 24.0 Å². The number of ketones is 5. The molecule has 2 aromatic carbocycles. The van der Waals surface area contributed by atoms with E-state index in [1.807, 2.05) is 12.1 Å². The van der Waals surface area contributed by atoms with Gasteiger partial charge in [-0.05, 0) is 74.8 Å². The molecule has 6 atom stereocenters. The Kier molecular flexibility index (Phi) is 17.1. The maximum atomic E-state index is 13.3. The number of aliphatic hydroxyl groups is 1. The number of halogens is 1. The largest absolute Gasteiger partial charge is 0.391 e. The van der Waals surface area contributed by atoms with Gasteiger partial charge in [0.2, 0.25) is 17.6 Å². The van der Waals surface area contributed by atoms with E-state index in [-0.39, 0.29) is 50.4 Å². The van der Waals surface area contributed by atoms with Crippen molar-refractivity contribution in [2.24, 2.45) is 35.1 Å². The van der Waals surface area contributed by atoms with E-state index in [4.69, 9.17) is 23.1 Å². The number of benzene rings is 2. The second kappa shape index (κ2) is 21.0. The summed E-state index contributed by atoms with van der Waals surface area (Å²) >= 11 is 5.97. The topological polar surface area (TPSA) is 216 Å². The number of hydrogen-bond donors (Lipinski definition) is 5. The van der Waals surface area contributed by atoms with Gasteiger partial charge in [0.1, 0.15) is 6.04 Å². The molecular formula is C40H53ClN4O8. The molecule has 0 saturated heterocycles. The molecule has 1 fully saturated rings. The second-order valence-corrected chi connectivity index (χ2v) is 14.7. The molecule has 1 saturated carbocycles. The number of rotatable bonds is 24. The number of nitrogens with two attached hydrogens (primary N) is 2. The molecule has 0 aromatic heterocycles. The summed E-state index contributed by atoms with van der Waals surface area (Å²) in [5.74, 6) is -6.26. The molecule has 2 aromatic rings. The van der Waals surface area contributed by atoms with E-state index in [2.05, 4.69) is 10.6 Å². The van der Waals surface area contributed by atoms with Crippen molar-refractivity contribution >= 4 is 52.3 Å². The lowest BCUT2D eigenvalue weighted by Crippen LogP contribution is -2.51. The number of carbonyl (C=O) groups excluding carboxylic acids is 7. The Labute approximate surface area is 316 Å². The molecule has 0 radical (unpaired) electrons. The average molecular weight is 753 g/mol. The summed E-state index contributed by atoms with van der Waals surface area (Å²) < 4.78 is 0. The zero-order valence-corrected chi connectivity index (χ0v) is 31.5. The van der Waals surface area contributed by atoms with Crippen LogP contribution < -0.4 is 22.1 Å². The first kappa shape index (κ1) is 43.3. The smallest absolute Gasteiger partial charge is 0.225 e. The fourth-order valence-corrected chi connectivity index (χ4v) is 6.12. The predicted molar refractivity (Wildman–Crippen MR) is 202 cm³/mol. The molecule has 1 aliphatic rings. The van der Waals surface area contributed by atoms with E-state index in [1.54, 1.807) is 36.4 Å². The minimum Gasteiger partial charge on any atom is -0.391 e. The van der Waals surface area contributed by atoms with Gasteiger partial charge < -0.3 is 27.2 Å². The Balaban J connectivity index is 1.58. The van der Waals surface area contributed by atoms with Gasteiger partial charge in [0, 0.05) is 54.6 Å². The Morgan fingerprint density at radius 1 is 0.774 bits per heavy atom. The number of hydrogen-bond acceptors (Lipinski definition) is 10. The Bertz CT molecular complexity index is 1610. The maximum absolute atomic E-state index is 13.3. The Morgan fingerprint density at radius 3 is 1.91 bits per heavy atom. The highest BCUT2D eigenvalue weighted by Gasteiger charge is 2.34. The third kappa shape index (κ3) is 13.7. The lowest BCUT2D eigenvalue weighted by atomic mass is 9.90. The van der Waals surface area contributed by atoms with E-state index < -0.39 is 70.9 Å². The van der Waals surface area contributed by atoms with Crippen molar-refractivity contribution in [3.63, 3.8) is 0 Å². The average Bonchev–Trinajstić information content (AvgIpc) is 3.95. The minimum absolute atomic E-state index is 0.194. The molecule has 2 amide bonds. The van der Waals surface area contributed by atoms with E-state index in [1.165, 1.54) is 20.8 Å². The number of Topliss-reactive ketones (excluding diaryl/α,β-unsaturated/α-hetero) is 5. The summed E-state index contributed by atoms with van der Waals surface area (Å²) in [5.41, 5.74) is 13.6. The van der Waals surface area contributed by atoms with Crippen molar-refractivity contribution in [3.8, 4) is 11.1 Å². The van der Waals surface area contributed by atoms with Crippen molar-refractivity contribution < 1.29 is 38.7 Å². The van der Waals surface area contributed by atoms with Gasteiger partial charge in [0.25, 0.3) is 0 Å². The van der Waals surface area contributed by atoms with Crippen LogP contribution in [0.4, 0.5) is 0 Å². The second-order valence-electron chi connectivity index (χ2n) is 14.3. The number of nitrogens with one attached hydrogen (secondary N) is 2. The summed E-state index contributed by atoms with van der Waals surface area (Å²) in [4.78, 5) is 91.1. The predicted octanol–water partition coefficient (Wildman–Crippen LogP) is 3.76. The fourth-order valence-electron chi connectivity index (χ4n) is 6.00. The van der Waals surface area contributed by atoms with Crippen LogP contribution >= 0.6 is 11.6 Å². The first-order valence-electron chi connectivity index (χ1n) is 18.4. The SMILES string of the molecule is C[C@H](CC(=O)[C@@H](NC(=O)[C@H](CN)CC(=O)c1ccc(-c2ccc(Cl)cc2)cc1)[C@@H](C)O)C(=O)N[C@@H](CCCCN)C(=O)C[C@@H](C)C(=O)C(=O)CC1CC1. The monoisotopic (exact) mass is 752 g/mol. The summed E-state index contributed by atoms with van der Waals surface area (Å²) in [6.07, 6.45) is 1.27. The van der Waals surface area contributed by atoms with E-state index in [9.17, 15) is 38.7 Å². The van der Waals surface area contributed by atoms with Crippen LogP contribution in [0, 0.1) is 23.7 Å². The van der Waals surface area contributed by atoms with Crippen LogP contribution in [0.1, 0.15) is 88.9 Å². The van der Waals surface area contributed by atoms with E-state index in [0.29, 0.717) is 30.0 Å². The maximum Gasteiger partial charge on any atom is 0.225 e. The number of aliphatic hydroxyl groups excluding tert-OH is 1. The van der Waals surface area contributed by atoms with Gasteiger partial charge in [-0.25, -0.2) is 0 Å². The highest BCUT2D eigenvalue weighted by molar-refractivity contribution is 6.38. The quantitative estimate of drug-likeness (QED) is 0.0594. The van der Waals surface area contributed by atoms with Gasteiger partial charge in [-0.15, -0.1) is 0 Å². The zero-order chi connectivity index (χ0) is 39.2. The van der Waals surface area contributed by atoms with Gasteiger partial charge in [-0.3, -0.25) is 33.6 Å². The van der Waals surface area contributed by atoms with Crippen molar-refractivity contribution in [2.75, 3.05) is 13.1 Å². The van der Waals surface area contributed by atoms with Crippen molar-refractivity contribution in [1.29, 1.82) is 0 Å². The van der Waals surface area contributed by atoms with Gasteiger partial charge in [0.15, 0.2) is 23.1 Å². The first-order valence-corrected chi connectivity index (χ1v) is 18.7. The molecule has 0 spiro atoms. The standard InChI is InChI=1S/C40H53ClN4O8/c1-23(38(51)36(50)20-26-7-8-26)18-34(48)32(6-4-5-17-42)44-39(52)24(2)19-35(49)37(25(3)46)45-40(53)30(22-43)21-33(47)29-11-9-27(10-12-29)28-13-15-31(41)16-14-28/h9-16,23-26,30,32,37,46H,4-8,17-22,42-43H2,1-3H3,(H,44,52)(H,45,53)/t23-,24-,25-,30+,32+,37+/m1/s1. The zero-order valence-electron chi connectivity index (χ0n) is 30.8. The van der Waals surface area contributed by atoms with Crippen LogP contribution in [0.2, 0.25) is 5.02 Å². The van der Waals surface area contributed by atoms with Gasteiger partial charge >= 0.3 is 0 Å². The van der Waals surface area contributed by atoms with Crippen LogP contribution in [-0.2, 0) is 28.8 Å². The molecule has 7 N–H and O–H groups in total. The molecule has 0 bridgehead atoms. The molecule has 0 unspecified atom stereocenters. The number of unbranched alkanes of at least 4 members (excludes halogenated alkanes) is 1. The third-order valence-corrected chi connectivity index (χ3v) is 9.86. The van der Waals surface area contributed by atoms with Gasteiger partial charge in [-0.2, -0.15) is 0 Å². The fraction of sp³-hybridized carbons (Fsp3) is 0.525. The lowest BCUT2D eigenvalue weighted by molar-refractivity contribution is -0.140. The van der Waals surface area contributed by atoms with Crippen LogP contribution in [-0.4, -0.2) is 77.1 Å². The van der Waals surface area contributed by atoms with Gasteiger partial charge in [0.05, 0.1) is 18.1 Å². The lowest BCUT2D eigenvalue weighted by Gasteiger charge is -2.25. The minimum atomic E-state index is -1.39. The number of carbonyl (C=O) groups is 7. The normalized spacial score (nSPS) is 16.0. The van der Waals surface area contributed by atoms with Crippen LogP contribution in [0.15, 0.2) is 48.5 Å². The molecule has 12 nitrogen and oxygen atoms in total. The highest BCUT2D eigenvalue weighted by Crippen LogP contribution is 2.33. The summed E-state index contributed by atoms with van der Waals surface area (Å²) in [7, 11) is 0. The molecule has 0 heterocycles. The molecule has 53 heavy (non-hydrogen) atoms. The molecule has 13 heteroatoms.